The Balaban J connectivity index is 0.713. The van der Waals surface area contributed by atoms with Gasteiger partial charge in [0.2, 0.25) is 0 Å². The molecule has 0 spiro atoms. The summed E-state index contributed by atoms with van der Waals surface area (Å²) in [6.45, 7) is -0.404. The van der Waals surface area contributed by atoms with Crippen molar-refractivity contribution in [2.45, 2.75) is 0 Å². The lowest BCUT2D eigenvalue weighted by molar-refractivity contribution is 0.487. The topological polar surface area (TPSA) is 41.4 Å². The van der Waals surface area contributed by atoms with E-state index in [1.165, 1.54) is 98.3 Å². The molecule has 0 atom stereocenters. The Kier molecular flexibility index (Phi) is 12.6. The van der Waals surface area contributed by atoms with Crippen molar-refractivity contribution in [1.82, 2.24) is 18.3 Å². The smallest absolute Gasteiger partial charge is 0.259 e. The van der Waals surface area contributed by atoms with Crippen molar-refractivity contribution >= 4 is 150 Å². The molecule has 0 radical (unpaired) electrons. The Morgan fingerprint density at radius 2 is 0.550 bits per heavy atom. The Hall–Kier alpha value is -14.5. The van der Waals surface area contributed by atoms with Crippen LogP contribution in [0.25, 0.3) is 154 Å². The summed E-state index contributed by atoms with van der Waals surface area (Å²) in [6, 6.07) is 137. The van der Waals surface area contributed by atoms with E-state index in [9.17, 15) is 0 Å². The predicted molar refractivity (Wildman–Crippen MR) is 463 cm³/mol. The van der Waals surface area contributed by atoms with E-state index in [4.69, 9.17) is 9.47 Å². The van der Waals surface area contributed by atoms with Gasteiger partial charge in [0, 0.05) is 83.3 Å². The fourth-order valence-electron chi connectivity index (χ4n) is 19.8. The summed E-state index contributed by atoms with van der Waals surface area (Å²) >= 11 is 0. The molecule has 4 aromatic heterocycles. The molecule has 0 aliphatic carbocycles. The molecule has 0 saturated carbocycles. The van der Waals surface area contributed by atoms with Crippen LogP contribution in [0.3, 0.4) is 0 Å². The SMILES string of the molecule is c1ccc(-c2cc(-c3ccccc3)cc(-c3cccc(-n4c5ccccc5c5cc6c7ccccc7n7c6c(c54)B4c5ccccc5Oc5cc(-c6cccc(-n8c9ccccc9c9cc%10c%11ccccc%11n%11c%10c(c98)B8c9ccccc9Oc9cc(N(c%10ccccc%10)c%10ccccc%10)cc-%11c98)c6)cc-7c54)c3)c2)cc1. The molecule has 21 aromatic rings. The molecule has 4 aliphatic heterocycles. The molecule has 111 heavy (non-hydrogen) atoms. The molecule has 4 aliphatic rings. The van der Waals surface area contributed by atoms with E-state index in [2.05, 4.69) is 393 Å². The molecule has 25 rings (SSSR count). The second kappa shape index (κ2) is 23.0. The van der Waals surface area contributed by atoms with E-state index >= 15 is 0 Å². The second-order valence-electron chi connectivity index (χ2n) is 30.1. The molecule has 17 aromatic carbocycles. The molecule has 0 N–H and O–H groups in total. The van der Waals surface area contributed by atoms with Gasteiger partial charge in [-0.15, -0.1) is 0 Å². The van der Waals surface area contributed by atoms with Crippen LogP contribution in [0.1, 0.15) is 0 Å². The Morgan fingerprint density at radius 1 is 0.207 bits per heavy atom. The summed E-state index contributed by atoms with van der Waals surface area (Å²) < 4.78 is 25.1. The molecular formula is C102H61B2N5O2. The van der Waals surface area contributed by atoms with E-state index < -0.39 is 0 Å². The maximum absolute atomic E-state index is 7.47. The lowest BCUT2D eigenvalue weighted by Crippen LogP contribution is -2.59. The van der Waals surface area contributed by atoms with Gasteiger partial charge in [0.1, 0.15) is 23.0 Å². The van der Waals surface area contributed by atoms with Crippen LogP contribution in [0.15, 0.2) is 370 Å². The van der Waals surface area contributed by atoms with Crippen molar-refractivity contribution in [3.05, 3.63) is 370 Å². The average Bonchev–Trinajstić information content (AvgIpc) is 1.54. The first-order chi connectivity index (χ1) is 55.1. The third-order valence-electron chi connectivity index (χ3n) is 24.3. The van der Waals surface area contributed by atoms with Crippen LogP contribution in [0, 0.1) is 0 Å². The highest BCUT2D eigenvalue weighted by atomic mass is 16.5. The second-order valence-corrected chi connectivity index (χ2v) is 30.1. The van der Waals surface area contributed by atoms with Crippen molar-refractivity contribution in [3.63, 3.8) is 0 Å². The van der Waals surface area contributed by atoms with Gasteiger partial charge in [-0.25, -0.2) is 0 Å². The molecule has 7 nitrogen and oxygen atoms in total. The van der Waals surface area contributed by atoms with Crippen LogP contribution in [0.5, 0.6) is 23.0 Å². The van der Waals surface area contributed by atoms with E-state index in [1.54, 1.807) is 0 Å². The van der Waals surface area contributed by atoms with Gasteiger partial charge in [0.15, 0.2) is 0 Å². The molecule has 0 fully saturated rings. The first-order valence-electron chi connectivity index (χ1n) is 38.3. The maximum atomic E-state index is 7.47. The minimum Gasteiger partial charge on any atom is -0.458 e. The molecule has 8 heterocycles. The normalized spacial score (nSPS) is 12.8. The van der Waals surface area contributed by atoms with Crippen molar-refractivity contribution in [2.75, 3.05) is 4.90 Å². The number of anilines is 3. The predicted octanol–water partition coefficient (Wildman–Crippen LogP) is 22.1. The number of ether oxygens (including phenoxy) is 2. The average molecular weight is 1410 g/mol. The summed E-state index contributed by atoms with van der Waals surface area (Å²) in [5, 5.41) is 9.70. The van der Waals surface area contributed by atoms with E-state index in [0.717, 1.165) is 129 Å². The van der Waals surface area contributed by atoms with Gasteiger partial charge in [-0.05, 0) is 211 Å². The highest BCUT2D eigenvalue weighted by molar-refractivity contribution is 7.01. The lowest BCUT2D eigenvalue weighted by Gasteiger charge is -2.35. The van der Waals surface area contributed by atoms with Gasteiger partial charge in [-0.2, -0.15) is 0 Å². The number of benzene rings is 17. The minimum absolute atomic E-state index is 0.202. The third-order valence-corrected chi connectivity index (χ3v) is 24.3. The standard InChI is InChI=1S/C102H61B2N5O2/c1-5-27-62(28-6-1)66-51-67(63-29-7-2-8-30-63)53-68(52-66)64-31-25-37-72(54-64)106-85-45-19-13-39-75(85)79-60-81-77-41-15-21-47-87(77)108-89-56-69(57-93-95(89)103(97(99(79)106)101(81)108)83-43-17-23-49-91(83)110-93)65-32-26-38-73(55-65)107-86-46-20-14-40-76(86)80-61-82-78-42-16-22-48-88(78)109-90-58-74(105(70-33-9-3-10-34-70)71-35-11-4-12-36-71)59-94-96(90)104(98(100(80)107)102(82)109)84-44-18-24-50-92(84)111-94/h1-61H. The molecule has 0 unspecified atom stereocenters. The summed E-state index contributed by atoms with van der Waals surface area (Å²) in [5.41, 5.74) is 33.2. The number of rotatable bonds is 9. The Morgan fingerprint density at radius 3 is 1.00 bits per heavy atom. The van der Waals surface area contributed by atoms with E-state index in [1.807, 2.05) is 0 Å². The van der Waals surface area contributed by atoms with Crippen LogP contribution in [-0.4, -0.2) is 31.7 Å². The number of fused-ring (bicyclic) bond motifs is 22. The van der Waals surface area contributed by atoms with Crippen LogP contribution >= 0.6 is 0 Å². The molecule has 9 heteroatoms. The Bertz CT molecular complexity index is 7510. The van der Waals surface area contributed by atoms with Gasteiger partial charge < -0.3 is 32.6 Å². The van der Waals surface area contributed by atoms with Crippen molar-refractivity contribution in [3.8, 4) is 90.3 Å². The van der Waals surface area contributed by atoms with Crippen molar-refractivity contribution < 1.29 is 9.47 Å². The first-order valence-corrected chi connectivity index (χ1v) is 38.3. The number of hydrogen-bond acceptors (Lipinski definition) is 3. The number of aromatic nitrogens is 4. The molecule has 512 valence electrons. The molecule has 0 saturated heterocycles. The van der Waals surface area contributed by atoms with Crippen molar-refractivity contribution in [2.24, 2.45) is 0 Å². The molecular weight excluding hydrogens is 1350 g/mol. The fraction of sp³-hybridized carbons (Fsp3) is 0. The van der Waals surface area contributed by atoms with Gasteiger partial charge in [0.25, 0.3) is 13.4 Å². The zero-order valence-corrected chi connectivity index (χ0v) is 59.9. The van der Waals surface area contributed by atoms with Gasteiger partial charge in [-0.1, -0.05) is 231 Å². The van der Waals surface area contributed by atoms with Crippen LogP contribution in [-0.2, 0) is 0 Å². The zero-order valence-electron chi connectivity index (χ0n) is 59.9. The van der Waals surface area contributed by atoms with Gasteiger partial charge in [-0.3, -0.25) is 0 Å². The highest BCUT2D eigenvalue weighted by Crippen LogP contribution is 2.49. The summed E-state index contributed by atoms with van der Waals surface area (Å²) in [6.07, 6.45) is 0. The summed E-state index contributed by atoms with van der Waals surface area (Å²) in [4.78, 5) is 2.36. The molecule has 0 bridgehead atoms. The quantitative estimate of drug-likeness (QED) is 0.135. The summed E-state index contributed by atoms with van der Waals surface area (Å²) in [7, 11) is 0. The lowest BCUT2D eigenvalue weighted by atomic mass is 9.34. The number of hydrogen-bond donors (Lipinski definition) is 0. The number of nitrogens with zero attached hydrogens (tertiary/aromatic N) is 5. The molecule has 0 amide bonds. The van der Waals surface area contributed by atoms with Crippen LogP contribution < -0.4 is 47.2 Å². The van der Waals surface area contributed by atoms with E-state index in [-0.39, 0.29) is 13.4 Å². The van der Waals surface area contributed by atoms with Gasteiger partial charge >= 0.3 is 0 Å². The fourth-order valence-corrected chi connectivity index (χ4v) is 19.8. The van der Waals surface area contributed by atoms with E-state index in [0.29, 0.717) is 0 Å². The van der Waals surface area contributed by atoms with Crippen molar-refractivity contribution in [1.29, 1.82) is 0 Å². The maximum Gasteiger partial charge on any atom is 0.259 e. The summed E-state index contributed by atoms with van der Waals surface area (Å²) in [5.74, 6) is 3.42. The Labute approximate surface area is 639 Å². The van der Waals surface area contributed by atoms with Crippen LogP contribution in [0.2, 0.25) is 0 Å². The number of para-hydroxylation sites is 8. The zero-order chi connectivity index (χ0) is 72.3. The minimum atomic E-state index is -0.202. The van der Waals surface area contributed by atoms with Crippen LogP contribution in [0.4, 0.5) is 17.1 Å². The first kappa shape index (κ1) is 60.6. The third kappa shape index (κ3) is 8.60. The largest absolute Gasteiger partial charge is 0.458 e. The monoisotopic (exact) mass is 1410 g/mol. The highest BCUT2D eigenvalue weighted by Gasteiger charge is 2.46. The van der Waals surface area contributed by atoms with Gasteiger partial charge in [0.05, 0.1) is 49.8 Å².